The summed E-state index contributed by atoms with van der Waals surface area (Å²) in [6.07, 6.45) is 1.25. The van der Waals surface area contributed by atoms with Gasteiger partial charge in [-0.2, -0.15) is 4.31 Å². The molecule has 2 fully saturated rings. The van der Waals surface area contributed by atoms with Crippen LogP contribution in [0.5, 0.6) is 0 Å². The second-order valence-corrected chi connectivity index (χ2v) is 8.25. The number of nitrogens with zero attached hydrogens (tertiary/aromatic N) is 2. The number of hydrogen-bond acceptors (Lipinski definition) is 5. The van der Waals surface area contributed by atoms with Crippen LogP contribution in [0.1, 0.15) is 30.1 Å². The number of piperazine rings is 1. The third-order valence-corrected chi connectivity index (χ3v) is 6.57. The van der Waals surface area contributed by atoms with Crippen molar-refractivity contribution in [1.82, 2.24) is 9.21 Å². The second kappa shape index (κ2) is 7.23. The zero-order valence-electron chi connectivity index (χ0n) is 14.2. The Labute approximate surface area is 147 Å². The van der Waals surface area contributed by atoms with Gasteiger partial charge in [-0.3, -0.25) is 9.59 Å². The molecule has 1 unspecified atom stereocenters. The Bertz CT molecular complexity index is 746. The summed E-state index contributed by atoms with van der Waals surface area (Å²) in [7, 11) is -3.62. The molecular weight excluding hydrogens is 344 g/mol. The number of carbonyl (C=O) groups excluding carboxylic acids is 2. The number of benzene rings is 1. The summed E-state index contributed by atoms with van der Waals surface area (Å²) in [6, 6.07) is 5.95. The highest BCUT2D eigenvalue weighted by Gasteiger charge is 2.33. The Morgan fingerprint density at radius 1 is 1.08 bits per heavy atom. The third kappa shape index (κ3) is 3.75. The lowest BCUT2D eigenvalue weighted by atomic mass is 10.2. The topological polar surface area (TPSA) is 84.0 Å². The van der Waals surface area contributed by atoms with Gasteiger partial charge < -0.3 is 9.64 Å². The van der Waals surface area contributed by atoms with E-state index in [2.05, 4.69) is 0 Å². The van der Waals surface area contributed by atoms with Crippen molar-refractivity contribution in [3.05, 3.63) is 29.8 Å². The van der Waals surface area contributed by atoms with Crippen LogP contribution >= 0.6 is 0 Å². The SMILES string of the molecule is CC(=O)c1ccc(S(=O)(=O)N2CCN(C(=O)C3CCCO3)CC2)cc1. The van der Waals surface area contributed by atoms with Crippen LogP contribution in [0.15, 0.2) is 29.2 Å². The van der Waals surface area contributed by atoms with Crippen LogP contribution < -0.4 is 0 Å². The summed E-state index contributed by atoms with van der Waals surface area (Å²) in [5.41, 5.74) is 0.478. The fourth-order valence-corrected chi connectivity index (χ4v) is 4.56. The molecule has 0 saturated carbocycles. The Morgan fingerprint density at radius 2 is 1.72 bits per heavy atom. The van der Waals surface area contributed by atoms with Gasteiger partial charge in [-0.15, -0.1) is 0 Å². The van der Waals surface area contributed by atoms with Gasteiger partial charge in [0.05, 0.1) is 4.90 Å². The molecule has 25 heavy (non-hydrogen) atoms. The molecule has 1 amide bonds. The van der Waals surface area contributed by atoms with Crippen LogP contribution in [-0.4, -0.2) is 68.2 Å². The van der Waals surface area contributed by atoms with Gasteiger partial charge in [0.25, 0.3) is 5.91 Å². The molecule has 7 nitrogen and oxygen atoms in total. The molecule has 136 valence electrons. The maximum atomic E-state index is 12.7. The fourth-order valence-electron chi connectivity index (χ4n) is 3.14. The van der Waals surface area contributed by atoms with Gasteiger partial charge >= 0.3 is 0 Å². The molecule has 1 atom stereocenters. The van der Waals surface area contributed by atoms with E-state index >= 15 is 0 Å². The minimum Gasteiger partial charge on any atom is -0.368 e. The van der Waals surface area contributed by atoms with Crippen LogP contribution in [0.4, 0.5) is 0 Å². The largest absolute Gasteiger partial charge is 0.368 e. The normalized spacial score (nSPS) is 22.1. The molecule has 8 heteroatoms. The summed E-state index contributed by atoms with van der Waals surface area (Å²) in [6.45, 7) is 3.30. The molecule has 3 rings (SSSR count). The van der Waals surface area contributed by atoms with Crippen molar-refractivity contribution < 1.29 is 22.7 Å². The van der Waals surface area contributed by atoms with E-state index in [-0.39, 0.29) is 35.8 Å². The predicted octanol–water partition coefficient (Wildman–Crippen LogP) is 0.901. The molecule has 1 aromatic carbocycles. The zero-order chi connectivity index (χ0) is 18.0. The summed E-state index contributed by atoms with van der Waals surface area (Å²) < 4.78 is 32.2. The number of sulfonamides is 1. The van der Waals surface area contributed by atoms with Crippen molar-refractivity contribution in [2.75, 3.05) is 32.8 Å². The lowest BCUT2D eigenvalue weighted by molar-refractivity contribution is -0.142. The minimum atomic E-state index is -3.62. The van der Waals surface area contributed by atoms with E-state index < -0.39 is 10.0 Å². The molecule has 1 aromatic rings. The van der Waals surface area contributed by atoms with Gasteiger partial charge in [0.15, 0.2) is 5.78 Å². The minimum absolute atomic E-state index is 0.0413. The van der Waals surface area contributed by atoms with Crippen LogP contribution in [0.2, 0.25) is 0 Å². The third-order valence-electron chi connectivity index (χ3n) is 4.65. The monoisotopic (exact) mass is 366 g/mol. The molecule has 0 aromatic heterocycles. The maximum absolute atomic E-state index is 12.7. The number of carbonyl (C=O) groups is 2. The number of hydrogen-bond donors (Lipinski definition) is 0. The van der Waals surface area contributed by atoms with E-state index in [0.29, 0.717) is 25.3 Å². The van der Waals surface area contributed by atoms with Gasteiger partial charge in [0, 0.05) is 38.3 Å². The molecule has 2 saturated heterocycles. The second-order valence-electron chi connectivity index (χ2n) is 6.31. The highest BCUT2D eigenvalue weighted by molar-refractivity contribution is 7.89. The zero-order valence-corrected chi connectivity index (χ0v) is 15.0. The van der Waals surface area contributed by atoms with E-state index in [0.717, 1.165) is 12.8 Å². The van der Waals surface area contributed by atoms with E-state index in [4.69, 9.17) is 4.74 Å². The summed E-state index contributed by atoms with van der Waals surface area (Å²) in [4.78, 5) is 25.5. The number of ether oxygens (including phenoxy) is 1. The van der Waals surface area contributed by atoms with Gasteiger partial charge in [-0.25, -0.2) is 8.42 Å². The van der Waals surface area contributed by atoms with E-state index in [1.54, 1.807) is 4.90 Å². The predicted molar refractivity (Wildman–Crippen MR) is 90.8 cm³/mol. The van der Waals surface area contributed by atoms with Crippen molar-refractivity contribution in [3.63, 3.8) is 0 Å². The van der Waals surface area contributed by atoms with Gasteiger partial charge in [0.1, 0.15) is 6.10 Å². The van der Waals surface area contributed by atoms with Crippen LogP contribution in [0, 0.1) is 0 Å². The number of ketones is 1. The standard InChI is InChI=1S/C17H22N2O5S/c1-13(20)14-4-6-15(7-5-14)25(22,23)19-10-8-18(9-11-19)17(21)16-3-2-12-24-16/h4-7,16H,2-3,8-12H2,1H3. The molecule has 2 heterocycles. The fraction of sp³-hybridized carbons (Fsp3) is 0.529. The summed E-state index contributed by atoms with van der Waals surface area (Å²) >= 11 is 0. The number of rotatable bonds is 4. The molecule has 0 aliphatic carbocycles. The lowest BCUT2D eigenvalue weighted by Gasteiger charge is -2.35. The van der Waals surface area contributed by atoms with E-state index in [1.165, 1.54) is 35.5 Å². The van der Waals surface area contributed by atoms with E-state index in [1.807, 2.05) is 0 Å². The quantitative estimate of drug-likeness (QED) is 0.740. The molecule has 2 aliphatic heterocycles. The van der Waals surface area contributed by atoms with Crippen molar-refractivity contribution in [2.24, 2.45) is 0 Å². The Balaban J connectivity index is 1.64. The Hall–Kier alpha value is -1.77. The molecular formula is C17H22N2O5S. The van der Waals surface area contributed by atoms with Crippen LogP contribution in [0.3, 0.4) is 0 Å². The molecule has 2 aliphatic rings. The average Bonchev–Trinajstić information content (AvgIpc) is 3.16. The molecule has 0 radical (unpaired) electrons. The summed E-state index contributed by atoms with van der Waals surface area (Å²) in [5.74, 6) is -0.148. The number of amides is 1. The first-order valence-electron chi connectivity index (χ1n) is 8.41. The van der Waals surface area contributed by atoms with Crippen molar-refractivity contribution in [3.8, 4) is 0 Å². The van der Waals surface area contributed by atoms with Crippen molar-refractivity contribution in [1.29, 1.82) is 0 Å². The Morgan fingerprint density at radius 3 is 2.24 bits per heavy atom. The summed E-state index contributed by atoms with van der Waals surface area (Å²) in [5, 5.41) is 0. The van der Waals surface area contributed by atoms with Gasteiger partial charge in [0.2, 0.25) is 10.0 Å². The smallest absolute Gasteiger partial charge is 0.251 e. The first-order valence-corrected chi connectivity index (χ1v) is 9.85. The molecule has 0 N–H and O–H groups in total. The van der Waals surface area contributed by atoms with Crippen molar-refractivity contribution >= 4 is 21.7 Å². The average molecular weight is 366 g/mol. The highest BCUT2D eigenvalue weighted by Crippen LogP contribution is 2.20. The van der Waals surface area contributed by atoms with E-state index in [9.17, 15) is 18.0 Å². The van der Waals surface area contributed by atoms with Crippen LogP contribution in [-0.2, 0) is 19.6 Å². The van der Waals surface area contributed by atoms with Gasteiger partial charge in [-0.05, 0) is 31.9 Å². The maximum Gasteiger partial charge on any atom is 0.251 e. The molecule has 0 spiro atoms. The van der Waals surface area contributed by atoms with Crippen LogP contribution in [0.25, 0.3) is 0 Å². The molecule has 0 bridgehead atoms. The first kappa shape index (κ1) is 18.0. The number of Topliss-reactive ketones (excluding diaryl/α,β-unsaturated/α-hetero) is 1. The first-order chi connectivity index (χ1) is 11.9. The van der Waals surface area contributed by atoms with Gasteiger partial charge in [-0.1, -0.05) is 12.1 Å². The Kier molecular flexibility index (Phi) is 5.21. The van der Waals surface area contributed by atoms with Crippen molar-refractivity contribution in [2.45, 2.75) is 30.8 Å². The highest BCUT2D eigenvalue weighted by atomic mass is 32.2. The lowest BCUT2D eigenvalue weighted by Crippen LogP contribution is -2.52.